The zero-order valence-electron chi connectivity index (χ0n) is 20.5. The maximum atomic E-state index is 13.2. The average Bonchev–Trinajstić information content (AvgIpc) is 3.54. The number of piperazine rings is 1. The van der Waals surface area contributed by atoms with E-state index in [-0.39, 0.29) is 29.2 Å². The first-order valence-electron chi connectivity index (χ1n) is 12.1. The van der Waals surface area contributed by atoms with Crippen molar-refractivity contribution in [1.29, 1.82) is 0 Å². The van der Waals surface area contributed by atoms with E-state index in [0.29, 0.717) is 76.1 Å². The van der Waals surface area contributed by atoms with Gasteiger partial charge in [0.1, 0.15) is 5.56 Å². The molecule has 39 heavy (non-hydrogen) atoms. The summed E-state index contributed by atoms with van der Waals surface area (Å²) in [6.45, 7) is 3.60. The van der Waals surface area contributed by atoms with Crippen molar-refractivity contribution in [3.63, 3.8) is 0 Å². The van der Waals surface area contributed by atoms with Gasteiger partial charge in [-0.2, -0.15) is 26.3 Å². The minimum absolute atomic E-state index is 0.0776. The van der Waals surface area contributed by atoms with E-state index in [1.54, 1.807) is 9.80 Å². The number of amides is 1. The molecular weight excluding hydrogens is 556 g/mol. The molecule has 0 radical (unpaired) electrons. The number of alkyl halides is 6. The highest BCUT2D eigenvalue weighted by molar-refractivity contribution is 7.15. The van der Waals surface area contributed by atoms with E-state index in [9.17, 15) is 41.3 Å². The molecule has 17 heteroatoms. The molecule has 214 valence electrons. The zero-order chi connectivity index (χ0) is 28.4. The normalized spacial score (nSPS) is 19.0. The molecule has 0 saturated carbocycles. The molecule has 3 heterocycles. The van der Waals surface area contributed by atoms with Crippen molar-refractivity contribution >= 4 is 33.8 Å². The number of benzene rings is 1. The van der Waals surface area contributed by atoms with Gasteiger partial charge < -0.3 is 15.1 Å². The number of halogens is 6. The van der Waals surface area contributed by atoms with Crippen LogP contribution < -0.4 is 10.2 Å². The lowest BCUT2D eigenvalue weighted by molar-refractivity contribution is -0.388. The number of nitrogens with one attached hydrogen (secondary N) is 1. The van der Waals surface area contributed by atoms with Gasteiger partial charge in [-0.05, 0) is 31.5 Å². The van der Waals surface area contributed by atoms with Crippen molar-refractivity contribution in [2.24, 2.45) is 0 Å². The van der Waals surface area contributed by atoms with Crippen molar-refractivity contribution in [3.05, 3.63) is 38.9 Å². The van der Waals surface area contributed by atoms with Gasteiger partial charge in [-0.1, -0.05) is 11.3 Å². The maximum absolute atomic E-state index is 13.2. The Morgan fingerprint density at radius 3 is 2.41 bits per heavy atom. The fourth-order valence-corrected chi connectivity index (χ4v) is 5.35. The predicted octanol–water partition coefficient (Wildman–Crippen LogP) is 4.10. The first kappa shape index (κ1) is 28.8. The quantitative estimate of drug-likeness (QED) is 0.282. The Morgan fingerprint density at radius 1 is 1.08 bits per heavy atom. The molecule has 4 rings (SSSR count). The molecule has 0 unspecified atom stereocenters. The summed E-state index contributed by atoms with van der Waals surface area (Å²) in [5.41, 5.74) is -2.26. The number of hydrogen-bond donors (Lipinski definition) is 1. The third-order valence-electron chi connectivity index (χ3n) is 6.58. The Balaban J connectivity index is 1.19. The van der Waals surface area contributed by atoms with Crippen LogP contribution in [0.4, 0.5) is 42.8 Å². The predicted molar refractivity (Wildman–Crippen MR) is 130 cm³/mol. The second-order valence-corrected chi connectivity index (χ2v) is 10.2. The van der Waals surface area contributed by atoms with Crippen molar-refractivity contribution in [2.45, 2.75) is 37.7 Å². The fourth-order valence-electron chi connectivity index (χ4n) is 4.58. The van der Waals surface area contributed by atoms with Gasteiger partial charge in [0.25, 0.3) is 5.69 Å². The number of nitro groups is 1. The first-order valence-corrected chi connectivity index (χ1v) is 12.9. The van der Waals surface area contributed by atoms with Crippen LogP contribution in [0.1, 0.15) is 29.8 Å². The van der Waals surface area contributed by atoms with Crippen LogP contribution in [-0.2, 0) is 17.1 Å². The SMILES string of the molecule is O=C(CCCN1CCN(c2nnc(C(F)(F)F)s2)CC1)N1CC[C@@H](Nc2ccc([N+](=O)[O-])c(C(F)(F)F)c2)C1. The summed E-state index contributed by atoms with van der Waals surface area (Å²) in [5, 5.41) is 20.0. The molecule has 2 aromatic rings. The number of nitrogens with zero attached hydrogens (tertiary/aromatic N) is 6. The lowest BCUT2D eigenvalue weighted by Crippen LogP contribution is -2.46. The van der Waals surface area contributed by atoms with E-state index in [1.807, 2.05) is 0 Å². The number of likely N-dealkylation sites (tertiary alicyclic amines) is 1. The van der Waals surface area contributed by atoms with Crippen LogP contribution in [0.3, 0.4) is 0 Å². The molecule has 2 aliphatic heterocycles. The van der Waals surface area contributed by atoms with Crippen molar-refractivity contribution < 1.29 is 36.1 Å². The Labute approximate surface area is 222 Å². The number of aromatic nitrogens is 2. The van der Waals surface area contributed by atoms with Crippen LogP contribution in [0.5, 0.6) is 0 Å². The molecule has 0 spiro atoms. The summed E-state index contributed by atoms with van der Waals surface area (Å²) < 4.78 is 77.9. The molecular formula is C22H25F6N7O3S. The van der Waals surface area contributed by atoms with E-state index in [1.165, 1.54) is 6.07 Å². The summed E-state index contributed by atoms with van der Waals surface area (Å²) in [4.78, 5) is 28.0. The van der Waals surface area contributed by atoms with E-state index in [2.05, 4.69) is 20.4 Å². The molecule has 2 saturated heterocycles. The third-order valence-corrected chi connectivity index (χ3v) is 7.60. The zero-order valence-corrected chi connectivity index (χ0v) is 21.3. The van der Waals surface area contributed by atoms with Gasteiger partial charge in [0.05, 0.1) is 4.92 Å². The van der Waals surface area contributed by atoms with Crippen LogP contribution in [-0.4, -0.2) is 82.7 Å². The highest BCUT2D eigenvalue weighted by Crippen LogP contribution is 2.38. The van der Waals surface area contributed by atoms with E-state index in [0.717, 1.165) is 6.07 Å². The molecule has 0 aliphatic carbocycles. The number of nitro benzene ring substituents is 1. The summed E-state index contributed by atoms with van der Waals surface area (Å²) in [6, 6.07) is 2.46. The monoisotopic (exact) mass is 581 g/mol. The van der Waals surface area contributed by atoms with Crippen LogP contribution in [0.2, 0.25) is 0 Å². The van der Waals surface area contributed by atoms with Crippen molar-refractivity contribution in [1.82, 2.24) is 20.0 Å². The number of hydrogen-bond acceptors (Lipinski definition) is 9. The Bertz CT molecular complexity index is 1180. The minimum Gasteiger partial charge on any atom is -0.380 e. The number of carbonyl (C=O) groups is 1. The van der Waals surface area contributed by atoms with Crippen molar-refractivity contribution in [2.75, 3.05) is 56.0 Å². The van der Waals surface area contributed by atoms with E-state index >= 15 is 0 Å². The van der Waals surface area contributed by atoms with Crippen molar-refractivity contribution in [3.8, 4) is 0 Å². The number of rotatable bonds is 8. The Morgan fingerprint density at radius 2 is 1.79 bits per heavy atom. The van der Waals surface area contributed by atoms with Gasteiger partial charge in [0, 0.05) is 63.5 Å². The van der Waals surface area contributed by atoms with E-state index in [4.69, 9.17) is 0 Å². The topological polar surface area (TPSA) is 108 Å². The van der Waals surface area contributed by atoms with Gasteiger partial charge >= 0.3 is 12.4 Å². The van der Waals surface area contributed by atoms with Crippen LogP contribution in [0, 0.1) is 10.1 Å². The molecule has 2 aliphatic rings. The highest BCUT2D eigenvalue weighted by Gasteiger charge is 2.39. The first-order chi connectivity index (χ1) is 18.3. The molecule has 0 bridgehead atoms. The van der Waals surface area contributed by atoms with Gasteiger partial charge in [-0.15, -0.1) is 10.2 Å². The largest absolute Gasteiger partial charge is 0.445 e. The Hall–Kier alpha value is -3.21. The molecule has 2 fully saturated rings. The van der Waals surface area contributed by atoms with E-state index < -0.39 is 33.5 Å². The standard InChI is InChI=1S/C22H25F6N7O3S/c23-21(24,25)16-12-14(3-4-17(16)35(37)38)29-15-5-7-34(13-15)18(36)2-1-6-32-8-10-33(11-9-32)20-31-30-19(39-20)22(26,27)28/h3-4,12,15,29H,1-2,5-11,13H2/t15-/m1/s1. The number of anilines is 2. The van der Waals surface area contributed by atoms with Gasteiger partial charge in [-0.3, -0.25) is 19.8 Å². The second kappa shape index (κ2) is 11.5. The third kappa shape index (κ3) is 7.26. The van der Waals surface area contributed by atoms with Gasteiger partial charge in [-0.25, -0.2) is 0 Å². The van der Waals surface area contributed by atoms with Crippen LogP contribution in [0.25, 0.3) is 0 Å². The van der Waals surface area contributed by atoms with Crippen LogP contribution in [0.15, 0.2) is 18.2 Å². The molecule has 1 N–H and O–H groups in total. The Kier molecular flexibility index (Phi) is 8.48. The summed E-state index contributed by atoms with van der Waals surface area (Å²) in [7, 11) is 0. The van der Waals surface area contributed by atoms with Gasteiger partial charge in [0.15, 0.2) is 0 Å². The molecule has 1 aromatic heterocycles. The smallest absolute Gasteiger partial charge is 0.380 e. The molecule has 1 atom stereocenters. The second-order valence-electron chi connectivity index (χ2n) is 9.28. The van der Waals surface area contributed by atoms with Gasteiger partial charge in [0.2, 0.25) is 16.0 Å². The highest BCUT2D eigenvalue weighted by atomic mass is 32.1. The lowest BCUT2D eigenvalue weighted by atomic mass is 10.1. The van der Waals surface area contributed by atoms with Crippen LogP contribution >= 0.6 is 11.3 Å². The molecule has 1 aromatic carbocycles. The fraction of sp³-hybridized carbons (Fsp3) is 0.591. The summed E-state index contributed by atoms with van der Waals surface area (Å²) in [6.07, 6.45) is -8.00. The number of carbonyl (C=O) groups excluding carboxylic acids is 1. The average molecular weight is 582 g/mol. The maximum Gasteiger partial charge on any atom is 0.445 e. The minimum atomic E-state index is -4.88. The molecule has 10 nitrogen and oxygen atoms in total. The lowest BCUT2D eigenvalue weighted by Gasteiger charge is -2.34. The molecule has 1 amide bonds. The summed E-state index contributed by atoms with van der Waals surface area (Å²) in [5.74, 6) is -0.0776. The summed E-state index contributed by atoms with van der Waals surface area (Å²) >= 11 is 0.515.